The molecule has 0 heterocycles. The Morgan fingerprint density at radius 2 is 1.82 bits per heavy atom. The first-order valence-corrected chi connectivity index (χ1v) is 7.97. The second kappa shape index (κ2) is 7.11. The van der Waals surface area contributed by atoms with Gasteiger partial charge in [0.2, 0.25) is 5.91 Å². The highest BCUT2D eigenvalue weighted by Gasteiger charge is 2.11. The van der Waals surface area contributed by atoms with Gasteiger partial charge in [-0.2, -0.15) is 0 Å². The highest BCUT2D eigenvalue weighted by molar-refractivity contribution is 14.1. The summed E-state index contributed by atoms with van der Waals surface area (Å²) in [6, 6.07) is 10.4. The normalized spacial score (nSPS) is 10.2. The molecule has 2 rings (SSSR count). The zero-order valence-electron chi connectivity index (χ0n) is 12.0. The molecule has 6 heteroatoms. The zero-order valence-corrected chi connectivity index (χ0v) is 14.9. The minimum absolute atomic E-state index is 0.129. The lowest BCUT2D eigenvalue weighted by molar-refractivity contribution is -0.114. The second-order valence-corrected chi connectivity index (χ2v) is 6.39. The summed E-state index contributed by atoms with van der Waals surface area (Å²) in [5.41, 5.74) is 2.83. The van der Waals surface area contributed by atoms with Gasteiger partial charge in [-0.25, -0.2) is 0 Å². The lowest BCUT2D eigenvalue weighted by atomic mass is 10.1. The van der Waals surface area contributed by atoms with E-state index in [4.69, 9.17) is 11.6 Å². The summed E-state index contributed by atoms with van der Waals surface area (Å²) in [4.78, 5) is 23.4. The molecular weight excluding hydrogens is 415 g/mol. The van der Waals surface area contributed by atoms with Crippen molar-refractivity contribution in [3.63, 3.8) is 0 Å². The smallest absolute Gasteiger partial charge is 0.256 e. The number of nitrogens with one attached hydrogen (secondary N) is 2. The Kier molecular flexibility index (Phi) is 5.42. The summed E-state index contributed by atoms with van der Waals surface area (Å²) < 4.78 is 0.786. The van der Waals surface area contributed by atoms with Crippen LogP contribution >= 0.6 is 34.2 Å². The van der Waals surface area contributed by atoms with Crippen LogP contribution in [-0.2, 0) is 4.79 Å². The molecule has 0 saturated heterocycles. The molecule has 4 nitrogen and oxygen atoms in total. The highest BCUT2D eigenvalue weighted by atomic mass is 127. The summed E-state index contributed by atoms with van der Waals surface area (Å²) >= 11 is 7.97. The van der Waals surface area contributed by atoms with Crippen molar-refractivity contribution in [2.75, 3.05) is 10.6 Å². The Hall–Kier alpha value is -1.60. The predicted molar refractivity (Wildman–Crippen MR) is 97.6 cm³/mol. The van der Waals surface area contributed by atoms with Crippen LogP contribution in [-0.4, -0.2) is 11.8 Å². The first kappa shape index (κ1) is 16.8. The van der Waals surface area contributed by atoms with Crippen molar-refractivity contribution in [1.82, 2.24) is 0 Å². The van der Waals surface area contributed by atoms with Gasteiger partial charge in [-0.3, -0.25) is 9.59 Å². The summed E-state index contributed by atoms with van der Waals surface area (Å²) in [7, 11) is 0. The average Bonchev–Trinajstić information content (AvgIpc) is 2.41. The molecule has 2 aromatic carbocycles. The van der Waals surface area contributed by atoms with E-state index in [0.717, 1.165) is 14.8 Å². The van der Waals surface area contributed by atoms with Gasteiger partial charge >= 0.3 is 0 Å². The SMILES string of the molecule is CC(=O)Nc1ccc(NC(=O)c2ccc(Cl)cc2I)cc1C. The van der Waals surface area contributed by atoms with E-state index in [2.05, 4.69) is 33.2 Å². The molecule has 2 N–H and O–H groups in total. The van der Waals surface area contributed by atoms with Crippen LogP contribution in [0, 0.1) is 10.5 Å². The van der Waals surface area contributed by atoms with E-state index in [9.17, 15) is 9.59 Å². The van der Waals surface area contributed by atoms with Crippen LogP contribution in [0.4, 0.5) is 11.4 Å². The molecular formula is C16H14ClIN2O2. The van der Waals surface area contributed by atoms with E-state index in [1.807, 2.05) is 13.0 Å². The number of anilines is 2. The second-order valence-electron chi connectivity index (χ2n) is 4.79. The van der Waals surface area contributed by atoms with Crippen molar-refractivity contribution in [2.24, 2.45) is 0 Å². The number of aryl methyl sites for hydroxylation is 1. The predicted octanol–water partition coefficient (Wildman–Crippen LogP) is 4.46. The molecule has 114 valence electrons. The number of rotatable bonds is 3. The third-order valence-corrected chi connectivity index (χ3v) is 4.10. The first-order valence-electron chi connectivity index (χ1n) is 6.51. The van der Waals surface area contributed by atoms with Crippen molar-refractivity contribution in [3.8, 4) is 0 Å². The topological polar surface area (TPSA) is 58.2 Å². The van der Waals surface area contributed by atoms with Gasteiger partial charge in [0, 0.05) is 26.9 Å². The molecule has 2 amide bonds. The van der Waals surface area contributed by atoms with Crippen LogP contribution in [0.25, 0.3) is 0 Å². The molecule has 0 aromatic heterocycles. The Labute approximate surface area is 147 Å². The van der Waals surface area contributed by atoms with E-state index >= 15 is 0 Å². The fraction of sp³-hybridized carbons (Fsp3) is 0.125. The monoisotopic (exact) mass is 428 g/mol. The number of hydrogen-bond acceptors (Lipinski definition) is 2. The Morgan fingerprint density at radius 1 is 1.09 bits per heavy atom. The van der Waals surface area contributed by atoms with Crippen molar-refractivity contribution < 1.29 is 9.59 Å². The zero-order chi connectivity index (χ0) is 16.3. The van der Waals surface area contributed by atoms with Crippen LogP contribution in [0.5, 0.6) is 0 Å². The molecule has 2 aromatic rings. The van der Waals surface area contributed by atoms with Gasteiger partial charge in [0.05, 0.1) is 5.56 Å². The fourth-order valence-electron chi connectivity index (χ4n) is 1.94. The molecule has 0 fully saturated rings. The third-order valence-electron chi connectivity index (χ3n) is 2.97. The Balaban J connectivity index is 2.18. The maximum atomic E-state index is 12.3. The first-order chi connectivity index (χ1) is 10.4. The van der Waals surface area contributed by atoms with Gasteiger partial charge in [0.25, 0.3) is 5.91 Å². The molecule has 0 atom stereocenters. The molecule has 0 spiro atoms. The maximum absolute atomic E-state index is 12.3. The van der Waals surface area contributed by atoms with Crippen LogP contribution in [0.3, 0.4) is 0 Å². The van der Waals surface area contributed by atoms with E-state index in [1.165, 1.54) is 6.92 Å². The van der Waals surface area contributed by atoms with Crippen molar-refractivity contribution in [3.05, 3.63) is 56.1 Å². The van der Waals surface area contributed by atoms with Gasteiger partial charge in [-0.05, 0) is 71.5 Å². The summed E-state index contributed by atoms with van der Waals surface area (Å²) in [6.45, 7) is 3.32. The van der Waals surface area contributed by atoms with E-state index < -0.39 is 0 Å². The van der Waals surface area contributed by atoms with Gasteiger partial charge in [-0.15, -0.1) is 0 Å². The quantitative estimate of drug-likeness (QED) is 0.709. The number of carbonyl (C=O) groups is 2. The van der Waals surface area contributed by atoms with Crippen molar-refractivity contribution >= 4 is 57.4 Å². The number of benzene rings is 2. The highest BCUT2D eigenvalue weighted by Crippen LogP contribution is 2.22. The van der Waals surface area contributed by atoms with E-state index in [1.54, 1.807) is 30.3 Å². The molecule has 22 heavy (non-hydrogen) atoms. The largest absolute Gasteiger partial charge is 0.326 e. The fourth-order valence-corrected chi connectivity index (χ4v) is 3.06. The Bertz CT molecular complexity index is 747. The minimum Gasteiger partial charge on any atom is -0.326 e. The lowest BCUT2D eigenvalue weighted by Crippen LogP contribution is -2.14. The van der Waals surface area contributed by atoms with Gasteiger partial charge in [0.1, 0.15) is 0 Å². The van der Waals surface area contributed by atoms with E-state index in [0.29, 0.717) is 16.3 Å². The number of amides is 2. The molecule has 0 aliphatic rings. The number of halogens is 2. The molecule has 0 unspecified atom stereocenters. The maximum Gasteiger partial charge on any atom is 0.256 e. The minimum atomic E-state index is -0.201. The van der Waals surface area contributed by atoms with Crippen LogP contribution in [0.15, 0.2) is 36.4 Å². The van der Waals surface area contributed by atoms with Gasteiger partial charge in [0.15, 0.2) is 0 Å². The Morgan fingerprint density at radius 3 is 2.41 bits per heavy atom. The third kappa shape index (κ3) is 4.20. The van der Waals surface area contributed by atoms with Crippen LogP contribution in [0.2, 0.25) is 5.02 Å². The summed E-state index contributed by atoms with van der Waals surface area (Å²) in [5, 5.41) is 6.17. The average molecular weight is 429 g/mol. The lowest BCUT2D eigenvalue weighted by Gasteiger charge is -2.11. The van der Waals surface area contributed by atoms with Crippen LogP contribution in [0.1, 0.15) is 22.8 Å². The summed E-state index contributed by atoms with van der Waals surface area (Å²) in [5.74, 6) is -0.330. The molecule has 0 radical (unpaired) electrons. The number of carbonyl (C=O) groups excluding carboxylic acids is 2. The number of hydrogen-bond donors (Lipinski definition) is 2. The standard InChI is InChI=1S/C16H14ClIN2O2/c1-9-7-12(4-6-15(9)19-10(2)21)20-16(22)13-5-3-11(17)8-14(13)18/h3-8H,1-2H3,(H,19,21)(H,20,22). The van der Waals surface area contributed by atoms with Crippen molar-refractivity contribution in [1.29, 1.82) is 0 Å². The molecule has 0 aliphatic carbocycles. The molecule has 0 saturated carbocycles. The van der Waals surface area contributed by atoms with Gasteiger partial charge in [-0.1, -0.05) is 11.6 Å². The summed E-state index contributed by atoms with van der Waals surface area (Å²) in [6.07, 6.45) is 0. The van der Waals surface area contributed by atoms with Crippen LogP contribution < -0.4 is 10.6 Å². The molecule has 0 aliphatic heterocycles. The van der Waals surface area contributed by atoms with E-state index in [-0.39, 0.29) is 11.8 Å². The van der Waals surface area contributed by atoms with Gasteiger partial charge < -0.3 is 10.6 Å². The molecule has 0 bridgehead atoms. The van der Waals surface area contributed by atoms with Crippen molar-refractivity contribution in [2.45, 2.75) is 13.8 Å².